The number of ether oxygens (including phenoxy) is 1. The van der Waals surface area contributed by atoms with Crippen molar-refractivity contribution in [3.05, 3.63) is 51.0 Å². The highest BCUT2D eigenvalue weighted by atomic mass is 79.9. The van der Waals surface area contributed by atoms with Crippen LogP contribution in [0.3, 0.4) is 0 Å². The zero-order valence-electron chi connectivity index (χ0n) is 14.4. The van der Waals surface area contributed by atoms with Crippen LogP contribution in [0.15, 0.2) is 28.7 Å². The molecule has 0 unspecified atom stereocenters. The highest BCUT2D eigenvalue weighted by Gasteiger charge is 2.17. The van der Waals surface area contributed by atoms with Crippen LogP contribution < -0.4 is 15.4 Å². The molecule has 0 aliphatic heterocycles. The molecule has 0 atom stereocenters. The maximum absolute atomic E-state index is 12.5. The SMILES string of the molecule is COc1c(C)cc(Br)cc1C(=O)NC(=S)Nc1cc(C)c(C)cc1O. The molecule has 0 aliphatic carbocycles. The third-order valence-electron chi connectivity index (χ3n) is 3.78. The molecule has 0 saturated heterocycles. The maximum Gasteiger partial charge on any atom is 0.261 e. The smallest absolute Gasteiger partial charge is 0.261 e. The zero-order valence-corrected chi connectivity index (χ0v) is 16.8. The first-order valence-corrected chi connectivity index (χ1v) is 8.69. The lowest BCUT2D eigenvalue weighted by atomic mass is 10.1. The van der Waals surface area contributed by atoms with Gasteiger partial charge in [-0.1, -0.05) is 15.9 Å². The lowest BCUT2D eigenvalue weighted by molar-refractivity contribution is 0.0974. The third kappa shape index (κ3) is 4.49. The van der Waals surface area contributed by atoms with Crippen molar-refractivity contribution >= 4 is 44.9 Å². The normalized spacial score (nSPS) is 10.3. The van der Waals surface area contributed by atoms with Gasteiger partial charge in [0.1, 0.15) is 11.5 Å². The van der Waals surface area contributed by atoms with Gasteiger partial charge >= 0.3 is 0 Å². The van der Waals surface area contributed by atoms with Gasteiger partial charge < -0.3 is 15.2 Å². The highest BCUT2D eigenvalue weighted by Crippen LogP contribution is 2.28. The number of carbonyl (C=O) groups excluding carboxylic acids is 1. The lowest BCUT2D eigenvalue weighted by Gasteiger charge is -2.15. The van der Waals surface area contributed by atoms with Gasteiger partial charge in [-0.25, -0.2) is 0 Å². The van der Waals surface area contributed by atoms with Gasteiger partial charge in [-0.2, -0.15) is 0 Å². The Morgan fingerprint density at radius 2 is 1.76 bits per heavy atom. The minimum absolute atomic E-state index is 0.0654. The Labute approximate surface area is 160 Å². The van der Waals surface area contributed by atoms with Crippen LogP contribution in [0.25, 0.3) is 0 Å². The molecule has 132 valence electrons. The number of aryl methyl sites for hydroxylation is 3. The first kappa shape index (κ1) is 19.2. The van der Waals surface area contributed by atoms with Crippen LogP contribution in [0.2, 0.25) is 0 Å². The van der Waals surface area contributed by atoms with Gasteiger partial charge in [-0.05, 0) is 73.9 Å². The number of methoxy groups -OCH3 is 1. The number of phenols is 1. The summed E-state index contributed by atoms with van der Waals surface area (Å²) in [4.78, 5) is 12.5. The highest BCUT2D eigenvalue weighted by molar-refractivity contribution is 9.10. The molecule has 0 heterocycles. The Bertz CT molecular complexity index is 853. The maximum atomic E-state index is 12.5. The fourth-order valence-corrected chi connectivity index (χ4v) is 3.17. The molecule has 0 aliphatic rings. The van der Waals surface area contributed by atoms with E-state index in [1.807, 2.05) is 26.8 Å². The van der Waals surface area contributed by atoms with E-state index in [0.29, 0.717) is 17.0 Å². The molecule has 1 amide bonds. The minimum atomic E-state index is -0.401. The van der Waals surface area contributed by atoms with Gasteiger partial charge in [0.05, 0.1) is 18.4 Å². The number of carbonyl (C=O) groups is 1. The molecule has 0 radical (unpaired) electrons. The molecule has 2 aromatic rings. The summed E-state index contributed by atoms with van der Waals surface area (Å²) in [5, 5.41) is 15.5. The number of aromatic hydroxyl groups is 1. The molecule has 25 heavy (non-hydrogen) atoms. The van der Waals surface area contributed by atoms with Crippen molar-refractivity contribution < 1.29 is 14.6 Å². The van der Waals surface area contributed by atoms with Gasteiger partial charge in [0.15, 0.2) is 5.11 Å². The molecule has 5 nitrogen and oxygen atoms in total. The predicted octanol–water partition coefficient (Wildman–Crippen LogP) is 4.22. The Balaban J connectivity index is 2.19. The molecule has 0 spiro atoms. The second-order valence-corrected chi connectivity index (χ2v) is 6.99. The Morgan fingerprint density at radius 1 is 1.12 bits per heavy atom. The van der Waals surface area contributed by atoms with E-state index in [1.54, 1.807) is 18.2 Å². The number of benzene rings is 2. The first-order chi connectivity index (χ1) is 11.7. The number of halogens is 1. The van der Waals surface area contributed by atoms with E-state index >= 15 is 0 Å². The quantitative estimate of drug-likeness (QED) is 0.510. The number of hydrogen-bond acceptors (Lipinski definition) is 4. The monoisotopic (exact) mass is 422 g/mol. The average Bonchev–Trinajstić information content (AvgIpc) is 2.51. The fourth-order valence-electron chi connectivity index (χ4n) is 2.39. The summed E-state index contributed by atoms with van der Waals surface area (Å²) >= 11 is 8.56. The molecule has 0 fully saturated rings. The molecule has 7 heteroatoms. The number of phenolic OH excluding ortho intramolecular Hbond substituents is 1. The molecule has 0 saturated carbocycles. The van der Waals surface area contributed by atoms with E-state index < -0.39 is 5.91 Å². The van der Waals surface area contributed by atoms with Crippen LogP contribution in [0.5, 0.6) is 11.5 Å². The van der Waals surface area contributed by atoms with E-state index in [4.69, 9.17) is 17.0 Å². The largest absolute Gasteiger partial charge is 0.506 e. The Hall–Kier alpha value is -2.12. The fraction of sp³-hybridized carbons (Fsp3) is 0.222. The second-order valence-electron chi connectivity index (χ2n) is 5.67. The number of nitrogens with one attached hydrogen (secondary N) is 2. The molecule has 2 aromatic carbocycles. The van der Waals surface area contributed by atoms with Gasteiger partial charge in [-0.15, -0.1) is 0 Å². The average molecular weight is 423 g/mol. The van der Waals surface area contributed by atoms with Crippen molar-refractivity contribution in [2.24, 2.45) is 0 Å². The van der Waals surface area contributed by atoms with E-state index in [9.17, 15) is 9.90 Å². The van der Waals surface area contributed by atoms with Crippen molar-refractivity contribution in [1.82, 2.24) is 5.32 Å². The molecule has 3 N–H and O–H groups in total. The van der Waals surface area contributed by atoms with Crippen molar-refractivity contribution in [3.8, 4) is 11.5 Å². The van der Waals surface area contributed by atoms with Crippen molar-refractivity contribution in [2.45, 2.75) is 20.8 Å². The topological polar surface area (TPSA) is 70.6 Å². The summed E-state index contributed by atoms with van der Waals surface area (Å²) in [6, 6.07) is 6.94. The summed E-state index contributed by atoms with van der Waals surface area (Å²) in [6.07, 6.45) is 0. The van der Waals surface area contributed by atoms with E-state index in [2.05, 4.69) is 26.6 Å². The summed E-state index contributed by atoms with van der Waals surface area (Å²) in [7, 11) is 1.51. The van der Waals surface area contributed by atoms with Crippen LogP contribution in [0.1, 0.15) is 27.0 Å². The molecule has 2 rings (SSSR count). The number of hydrogen-bond donors (Lipinski definition) is 3. The summed E-state index contributed by atoms with van der Waals surface area (Å²) < 4.78 is 6.08. The molecule has 0 aromatic heterocycles. The van der Waals surface area contributed by atoms with Crippen LogP contribution in [0.4, 0.5) is 5.69 Å². The van der Waals surface area contributed by atoms with Crippen LogP contribution in [-0.4, -0.2) is 23.2 Å². The summed E-state index contributed by atoms with van der Waals surface area (Å²) in [5.74, 6) is 0.148. The molecular weight excluding hydrogens is 404 g/mol. The Morgan fingerprint density at radius 3 is 2.40 bits per heavy atom. The summed E-state index contributed by atoms with van der Waals surface area (Å²) in [6.45, 7) is 5.68. The van der Waals surface area contributed by atoms with E-state index in [1.165, 1.54) is 7.11 Å². The number of amides is 1. The molecular formula is C18H19BrN2O3S. The van der Waals surface area contributed by atoms with Gasteiger partial charge in [0.2, 0.25) is 0 Å². The number of thiocarbonyl (C=S) groups is 1. The van der Waals surface area contributed by atoms with Crippen molar-refractivity contribution in [1.29, 1.82) is 0 Å². The van der Waals surface area contributed by atoms with Crippen LogP contribution >= 0.6 is 28.1 Å². The Kier molecular flexibility index (Phi) is 6.02. The van der Waals surface area contributed by atoms with Gasteiger partial charge in [0, 0.05) is 4.47 Å². The first-order valence-electron chi connectivity index (χ1n) is 7.49. The van der Waals surface area contributed by atoms with Gasteiger partial charge in [-0.3, -0.25) is 10.1 Å². The standard InChI is InChI=1S/C18H19BrN2O3S/c1-9-6-14(15(22)7-10(9)2)20-18(25)21-17(23)13-8-12(19)5-11(3)16(13)24-4/h5-8,22H,1-4H3,(H2,20,21,23,25). The number of rotatable bonds is 3. The van der Waals surface area contributed by atoms with E-state index in [-0.39, 0.29) is 10.9 Å². The van der Waals surface area contributed by atoms with Crippen molar-refractivity contribution in [3.63, 3.8) is 0 Å². The zero-order chi connectivity index (χ0) is 18.7. The molecule has 0 bridgehead atoms. The predicted molar refractivity (Wildman–Crippen MR) is 107 cm³/mol. The lowest BCUT2D eigenvalue weighted by Crippen LogP contribution is -2.34. The second kappa shape index (κ2) is 7.84. The minimum Gasteiger partial charge on any atom is -0.506 e. The van der Waals surface area contributed by atoms with Crippen LogP contribution in [0, 0.1) is 20.8 Å². The number of anilines is 1. The van der Waals surface area contributed by atoms with Crippen LogP contribution in [-0.2, 0) is 0 Å². The summed E-state index contributed by atoms with van der Waals surface area (Å²) in [5.41, 5.74) is 3.59. The van der Waals surface area contributed by atoms with Crippen molar-refractivity contribution in [2.75, 3.05) is 12.4 Å². The third-order valence-corrected chi connectivity index (χ3v) is 4.44. The van der Waals surface area contributed by atoms with E-state index in [0.717, 1.165) is 21.2 Å². The van der Waals surface area contributed by atoms with Gasteiger partial charge in [0.25, 0.3) is 5.91 Å².